The minimum Gasteiger partial charge on any atom is -0.393 e. The zero-order valence-corrected chi connectivity index (χ0v) is 20.1. The lowest BCUT2D eigenvalue weighted by atomic mass is 9.41. The summed E-state index contributed by atoms with van der Waals surface area (Å²) in [7, 11) is 0. The Morgan fingerprint density at radius 1 is 1.06 bits per heavy atom. The van der Waals surface area contributed by atoms with Gasteiger partial charge in [-0.15, -0.1) is 0 Å². The van der Waals surface area contributed by atoms with Crippen LogP contribution in [0.4, 0.5) is 0 Å². The van der Waals surface area contributed by atoms with E-state index in [1.54, 1.807) is 12.5 Å². The van der Waals surface area contributed by atoms with Gasteiger partial charge < -0.3 is 9.67 Å². The summed E-state index contributed by atoms with van der Waals surface area (Å²) in [6.45, 7) is 5.36. The zero-order valence-electron chi connectivity index (χ0n) is 20.1. The van der Waals surface area contributed by atoms with Crippen LogP contribution in [0.5, 0.6) is 0 Å². The Morgan fingerprint density at radius 2 is 1.88 bits per heavy atom. The molecule has 0 spiro atoms. The van der Waals surface area contributed by atoms with Gasteiger partial charge in [0.25, 0.3) is 0 Å². The second-order valence-electron chi connectivity index (χ2n) is 12.2. The number of nitrogens with zero attached hydrogens (tertiary/aromatic N) is 4. The molecule has 6 heteroatoms. The van der Waals surface area contributed by atoms with Gasteiger partial charge in [-0.25, -0.2) is 15.0 Å². The molecule has 0 aliphatic heterocycles. The average molecular weight is 451 g/mol. The Morgan fingerprint density at radius 3 is 2.76 bits per heavy atom. The molecule has 1 N–H and O–H groups in total. The Bertz CT molecular complexity index is 1050. The standard InChI is InChI=1S/C27H38N4O2/c1-26-10-8-18(32)12-17(26)6-7-19-20-4-3-5-22(27(20,2)11-9-21(19)26)24(33)14-31-16-30-23-13-28-15-29-25(23)31/h13,15-22,32H,3-12,14H2,1-2H3/t17-,18+,19-,20-,21-,22+,26-,27-/m0/s1. The van der Waals surface area contributed by atoms with Crippen molar-refractivity contribution in [2.75, 3.05) is 0 Å². The summed E-state index contributed by atoms with van der Waals surface area (Å²) in [5.41, 5.74) is 2.00. The third-order valence-corrected chi connectivity index (χ3v) is 10.9. The van der Waals surface area contributed by atoms with Gasteiger partial charge in [-0.3, -0.25) is 4.79 Å². The maximum Gasteiger partial charge on any atom is 0.163 e. The first-order valence-corrected chi connectivity index (χ1v) is 13.2. The highest BCUT2D eigenvalue weighted by Gasteiger charge is 2.59. The molecule has 178 valence electrons. The summed E-state index contributed by atoms with van der Waals surface area (Å²) in [4.78, 5) is 26.5. The Balaban J connectivity index is 1.25. The van der Waals surface area contributed by atoms with Crippen molar-refractivity contribution >= 4 is 16.9 Å². The minimum absolute atomic E-state index is 0.0882. The summed E-state index contributed by atoms with van der Waals surface area (Å²) in [6, 6.07) is 0. The maximum absolute atomic E-state index is 13.7. The van der Waals surface area contributed by atoms with Gasteiger partial charge in [0.05, 0.1) is 25.2 Å². The molecular formula is C27H38N4O2. The number of Topliss-reactive ketones (excluding diaryl/α,β-unsaturated/α-hetero) is 1. The first-order valence-electron chi connectivity index (χ1n) is 13.2. The predicted octanol–water partition coefficient (Wildman–Crippen LogP) is 4.81. The van der Waals surface area contributed by atoms with Gasteiger partial charge in [-0.1, -0.05) is 20.3 Å². The molecule has 0 saturated heterocycles. The van der Waals surface area contributed by atoms with Crippen molar-refractivity contribution in [3.8, 4) is 0 Å². The molecule has 2 aromatic rings. The van der Waals surface area contributed by atoms with Crippen molar-refractivity contribution in [3.05, 3.63) is 18.9 Å². The summed E-state index contributed by atoms with van der Waals surface area (Å²) in [6.07, 6.45) is 16.5. The SMILES string of the molecule is C[C@]12CC[C@@H](O)C[C@@H]1CC[C@@H]1[C@@H]2CC[C@]2(C)[C@@H](C(=O)Cn3cnc4cncnc43)CCC[C@@H]12. The Labute approximate surface area is 196 Å². The van der Waals surface area contributed by atoms with Crippen molar-refractivity contribution in [2.24, 2.45) is 40.4 Å². The summed E-state index contributed by atoms with van der Waals surface area (Å²) in [5.74, 6) is 3.35. The highest BCUT2D eigenvalue weighted by atomic mass is 16.3. The number of fused-ring (bicyclic) bond motifs is 6. The minimum atomic E-state index is -0.0882. The van der Waals surface area contributed by atoms with Crippen molar-refractivity contribution in [1.29, 1.82) is 0 Å². The molecule has 6 nitrogen and oxygen atoms in total. The monoisotopic (exact) mass is 450 g/mol. The second kappa shape index (κ2) is 7.86. The highest BCUT2D eigenvalue weighted by molar-refractivity contribution is 5.83. The Kier molecular flexibility index (Phi) is 5.17. The van der Waals surface area contributed by atoms with Crippen molar-refractivity contribution in [2.45, 2.75) is 90.7 Å². The largest absolute Gasteiger partial charge is 0.393 e. The third kappa shape index (κ3) is 3.30. The number of carbonyl (C=O) groups is 1. The molecule has 4 saturated carbocycles. The van der Waals surface area contributed by atoms with E-state index in [-0.39, 0.29) is 17.4 Å². The zero-order chi connectivity index (χ0) is 22.8. The molecule has 4 aliphatic rings. The van der Waals surface area contributed by atoms with Crippen LogP contribution in [0.3, 0.4) is 0 Å². The summed E-state index contributed by atoms with van der Waals surface area (Å²) < 4.78 is 1.91. The number of hydrogen-bond acceptors (Lipinski definition) is 5. The van der Waals surface area contributed by atoms with E-state index in [9.17, 15) is 9.90 Å². The molecule has 0 radical (unpaired) electrons. The van der Waals surface area contributed by atoms with Gasteiger partial charge in [0, 0.05) is 5.92 Å². The van der Waals surface area contributed by atoms with Crippen LogP contribution in [-0.4, -0.2) is 36.5 Å². The van der Waals surface area contributed by atoms with E-state index < -0.39 is 0 Å². The smallest absolute Gasteiger partial charge is 0.163 e. The third-order valence-electron chi connectivity index (χ3n) is 10.9. The number of carbonyl (C=O) groups excluding carboxylic acids is 1. The number of rotatable bonds is 3. The molecule has 4 fully saturated rings. The predicted molar refractivity (Wildman–Crippen MR) is 126 cm³/mol. The maximum atomic E-state index is 13.7. The number of imidazole rings is 1. The molecule has 4 aliphatic carbocycles. The fraction of sp³-hybridized carbons (Fsp3) is 0.778. The fourth-order valence-corrected chi connectivity index (χ4v) is 9.17. The molecule has 0 amide bonds. The van der Waals surface area contributed by atoms with Crippen LogP contribution in [0, 0.1) is 40.4 Å². The van der Waals surface area contributed by atoms with Crippen LogP contribution in [0.1, 0.15) is 78.1 Å². The molecule has 0 bridgehead atoms. The first kappa shape index (κ1) is 21.7. The van der Waals surface area contributed by atoms with E-state index >= 15 is 0 Å². The van der Waals surface area contributed by atoms with Gasteiger partial charge in [0.2, 0.25) is 0 Å². The molecule has 2 heterocycles. The summed E-state index contributed by atoms with van der Waals surface area (Å²) in [5, 5.41) is 10.3. The quantitative estimate of drug-likeness (QED) is 0.726. The van der Waals surface area contributed by atoms with Crippen molar-refractivity contribution < 1.29 is 9.90 Å². The van der Waals surface area contributed by atoms with Crippen LogP contribution < -0.4 is 0 Å². The van der Waals surface area contributed by atoms with E-state index in [2.05, 4.69) is 28.8 Å². The van der Waals surface area contributed by atoms with Crippen LogP contribution in [0.2, 0.25) is 0 Å². The lowest BCUT2D eigenvalue weighted by molar-refractivity contribution is -0.160. The normalized spacial score (nSPS) is 42.9. The second-order valence-corrected chi connectivity index (χ2v) is 12.2. The van der Waals surface area contributed by atoms with E-state index in [0.717, 1.165) is 42.3 Å². The average Bonchev–Trinajstić information content (AvgIpc) is 3.21. The van der Waals surface area contributed by atoms with Crippen molar-refractivity contribution in [3.63, 3.8) is 0 Å². The molecule has 8 atom stereocenters. The van der Waals surface area contributed by atoms with Crippen LogP contribution in [-0.2, 0) is 11.3 Å². The van der Waals surface area contributed by atoms with Gasteiger partial charge in [-0.2, -0.15) is 0 Å². The molecule has 0 unspecified atom stereocenters. The lowest BCUT2D eigenvalue weighted by Crippen LogP contribution is -2.57. The topological polar surface area (TPSA) is 80.9 Å². The van der Waals surface area contributed by atoms with Crippen LogP contribution in [0.15, 0.2) is 18.9 Å². The van der Waals surface area contributed by atoms with E-state index in [4.69, 9.17) is 0 Å². The van der Waals surface area contributed by atoms with Gasteiger partial charge in [-0.05, 0) is 92.3 Å². The van der Waals surface area contributed by atoms with E-state index in [1.807, 2.05) is 4.57 Å². The van der Waals surface area contributed by atoms with Crippen molar-refractivity contribution in [1.82, 2.24) is 19.5 Å². The summed E-state index contributed by atoms with van der Waals surface area (Å²) >= 11 is 0. The van der Waals surface area contributed by atoms with Gasteiger partial charge in [0.15, 0.2) is 11.4 Å². The Hall–Kier alpha value is -1.82. The molecule has 0 aromatic carbocycles. The molecular weight excluding hydrogens is 412 g/mol. The number of aliphatic hydroxyl groups excluding tert-OH is 1. The van der Waals surface area contributed by atoms with Crippen LogP contribution >= 0.6 is 0 Å². The highest BCUT2D eigenvalue weighted by Crippen LogP contribution is 2.66. The lowest BCUT2D eigenvalue weighted by Gasteiger charge is -2.63. The van der Waals surface area contributed by atoms with E-state index in [0.29, 0.717) is 29.6 Å². The number of aromatic nitrogens is 4. The van der Waals surface area contributed by atoms with E-state index in [1.165, 1.54) is 51.3 Å². The van der Waals surface area contributed by atoms with Gasteiger partial charge in [0.1, 0.15) is 11.8 Å². The molecule has 6 rings (SSSR count). The molecule has 33 heavy (non-hydrogen) atoms. The van der Waals surface area contributed by atoms with Crippen LogP contribution in [0.25, 0.3) is 11.2 Å². The molecule has 2 aromatic heterocycles. The van der Waals surface area contributed by atoms with Gasteiger partial charge >= 0.3 is 0 Å². The fourth-order valence-electron chi connectivity index (χ4n) is 9.17. The number of aliphatic hydroxyl groups is 1. The number of ketones is 1. The number of hydrogen-bond donors (Lipinski definition) is 1. The first-order chi connectivity index (χ1) is 15.9.